The van der Waals surface area contributed by atoms with Gasteiger partial charge >= 0.3 is 5.97 Å². The second-order valence-electron chi connectivity index (χ2n) is 3.77. The SMILES string of the molecule is CCOC(=O)Cc1cc(C)nc(C(F)F)c1CN. The number of esters is 1. The van der Waals surface area contributed by atoms with Crippen molar-refractivity contribution in [3.63, 3.8) is 0 Å². The first-order chi connectivity index (χ1) is 8.49. The molecule has 100 valence electrons. The summed E-state index contributed by atoms with van der Waals surface area (Å²) in [5, 5.41) is 0. The molecule has 0 aliphatic carbocycles. The number of nitrogens with two attached hydrogens (primary N) is 1. The molecule has 0 atom stereocenters. The highest BCUT2D eigenvalue weighted by Crippen LogP contribution is 2.24. The number of aromatic nitrogens is 1. The van der Waals surface area contributed by atoms with Crippen LogP contribution in [0.3, 0.4) is 0 Å². The van der Waals surface area contributed by atoms with E-state index in [9.17, 15) is 13.6 Å². The average molecular weight is 258 g/mol. The van der Waals surface area contributed by atoms with Gasteiger partial charge in [-0.05, 0) is 31.0 Å². The third-order valence-corrected chi connectivity index (χ3v) is 2.43. The summed E-state index contributed by atoms with van der Waals surface area (Å²) >= 11 is 0. The zero-order chi connectivity index (χ0) is 13.7. The maximum Gasteiger partial charge on any atom is 0.310 e. The Labute approximate surface area is 104 Å². The van der Waals surface area contributed by atoms with Crippen LogP contribution in [0.2, 0.25) is 0 Å². The Morgan fingerprint density at radius 2 is 2.22 bits per heavy atom. The first-order valence-corrected chi connectivity index (χ1v) is 5.62. The van der Waals surface area contributed by atoms with Gasteiger partial charge in [0.1, 0.15) is 5.69 Å². The molecule has 18 heavy (non-hydrogen) atoms. The Balaban J connectivity index is 3.13. The Morgan fingerprint density at radius 3 is 2.72 bits per heavy atom. The maximum absolute atomic E-state index is 12.8. The molecule has 0 saturated carbocycles. The van der Waals surface area contributed by atoms with Crippen molar-refractivity contribution in [2.24, 2.45) is 5.73 Å². The molecule has 2 N–H and O–H groups in total. The van der Waals surface area contributed by atoms with Gasteiger partial charge in [0.05, 0.1) is 13.0 Å². The minimum absolute atomic E-state index is 0.0660. The van der Waals surface area contributed by atoms with Gasteiger partial charge in [0.15, 0.2) is 0 Å². The molecule has 6 heteroatoms. The van der Waals surface area contributed by atoms with Crippen LogP contribution in [-0.4, -0.2) is 17.6 Å². The number of pyridine rings is 1. The van der Waals surface area contributed by atoms with Crippen molar-refractivity contribution in [2.45, 2.75) is 33.2 Å². The largest absolute Gasteiger partial charge is 0.466 e. The van der Waals surface area contributed by atoms with Crippen molar-refractivity contribution in [2.75, 3.05) is 6.61 Å². The van der Waals surface area contributed by atoms with Crippen molar-refractivity contribution in [1.82, 2.24) is 4.98 Å². The van der Waals surface area contributed by atoms with E-state index in [1.807, 2.05) is 0 Å². The van der Waals surface area contributed by atoms with E-state index in [0.717, 1.165) is 0 Å². The molecule has 1 aromatic rings. The number of rotatable bonds is 5. The standard InChI is InChI=1S/C12H16F2N2O2/c1-3-18-10(17)5-8-4-7(2)16-11(12(13)14)9(8)6-15/h4,12H,3,5-6,15H2,1-2H3. The highest BCUT2D eigenvalue weighted by atomic mass is 19.3. The van der Waals surface area contributed by atoms with Crippen molar-refractivity contribution in [1.29, 1.82) is 0 Å². The number of nitrogens with zero attached hydrogens (tertiary/aromatic N) is 1. The normalized spacial score (nSPS) is 10.8. The van der Waals surface area contributed by atoms with Gasteiger partial charge in [0, 0.05) is 12.2 Å². The molecule has 0 saturated heterocycles. The number of hydrogen-bond donors (Lipinski definition) is 1. The Morgan fingerprint density at radius 1 is 1.56 bits per heavy atom. The molecule has 0 spiro atoms. The molecule has 0 radical (unpaired) electrons. The fourth-order valence-corrected chi connectivity index (χ4v) is 1.73. The van der Waals surface area contributed by atoms with Gasteiger partial charge in [-0.1, -0.05) is 0 Å². The second-order valence-corrected chi connectivity index (χ2v) is 3.77. The van der Waals surface area contributed by atoms with Crippen LogP contribution < -0.4 is 5.73 Å². The maximum atomic E-state index is 12.8. The third kappa shape index (κ3) is 3.46. The van der Waals surface area contributed by atoms with Crippen molar-refractivity contribution in [3.8, 4) is 0 Å². The number of halogens is 2. The van der Waals surface area contributed by atoms with E-state index in [2.05, 4.69) is 4.98 Å². The summed E-state index contributed by atoms with van der Waals surface area (Å²) in [5.41, 5.74) is 6.23. The van der Waals surface area contributed by atoms with Gasteiger partial charge in [-0.25, -0.2) is 8.78 Å². The second kappa shape index (κ2) is 6.39. The summed E-state index contributed by atoms with van der Waals surface area (Å²) in [5.74, 6) is -0.460. The lowest BCUT2D eigenvalue weighted by atomic mass is 10.0. The number of alkyl halides is 2. The molecule has 0 unspecified atom stereocenters. The van der Waals surface area contributed by atoms with Crippen LogP contribution in [0.15, 0.2) is 6.07 Å². The van der Waals surface area contributed by atoms with Gasteiger partial charge in [-0.3, -0.25) is 9.78 Å². The van der Waals surface area contributed by atoms with E-state index < -0.39 is 12.4 Å². The molecule has 0 bridgehead atoms. The van der Waals surface area contributed by atoms with Crippen molar-refractivity contribution in [3.05, 3.63) is 28.6 Å². The number of carbonyl (C=O) groups is 1. The molecule has 0 aliphatic heterocycles. The summed E-state index contributed by atoms with van der Waals surface area (Å²) in [6, 6.07) is 1.59. The molecule has 0 amide bonds. The molecular weight excluding hydrogens is 242 g/mol. The molecule has 0 fully saturated rings. The highest BCUT2D eigenvalue weighted by Gasteiger charge is 2.19. The van der Waals surface area contributed by atoms with E-state index in [1.54, 1.807) is 19.9 Å². The quantitative estimate of drug-likeness (QED) is 0.819. The minimum Gasteiger partial charge on any atom is -0.466 e. The highest BCUT2D eigenvalue weighted by molar-refractivity contribution is 5.73. The van der Waals surface area contributed by atoms with Crippen LogP contribution >= 0.6 is 0 Å². The van der Waals surface area contributed by atoms with Crippen LogP contribution in [0.4, 0.5) is 8.78 Å². The smallest absolute Gasteiger partial charge is 0.310 e. The first kappa shape index (κ1) is 14.5. The molecule has 4 nitrogen and oxygen atoms in total. The Bertz CT molecular complexity index is 436. The molecular formula is C12H16F2N2O2. The van der Waals surface area contributed by atoms with Crippen LogP contribution in [0, 0.1) is 6.92 Å². The van der Waals surface area contributed by atoms with E-state index >= 15 is 0 Å². The molecule has 0 aliphatic rings. The first-order valence-electron chi connectivity index (χ1n) is 5.62. The number of hydrogen-bond acceptors (Lipinski definition) is 4. The van der Waals surface area contributed by atoms with Gasteiger partial charge in [0.25, 0.3) is 6.43 Å². The average Bonchev–Trinajstić information content (AvgIpc) is 2.28. The van der Waals surface area contributed by atoms with Crippen LogP contribution in [-0.2, 0) is 22.5 Å². The van der Waals surface area contributed by atoms with Gasteiger partial charge in [0.2, 0.25) is 0 Å². The molecule has 1 rings (SSSR count). The summed E-state index contributed by atoms with van der Waals surface area (Å²) in [4.78, 5) is 15.2. The van der Waals surface area contributed by atoms with E-state index in [-0.39, 0.29) is 30.8 Å². The fraction of sp³-hybridized carbons (Fsp3) is 0.500. The Kier molecular flexibility index (Phi) is 5.15. The van der Waals surface area contributed by atoms with Crippen LogP contribution in [0.1, 0.15) is 35.9 Å². The Hall–Kier alpha value is -1.56. The van der Waals surface area contributed by atoms with E-state index in [0.29, 0.717) is 11.3 Å². The van der Waals surface area contributed by atoms with Crippen molar-refractivity contribution >= 4 is 5.97 Å². The molecule has 1 aromatic heterocycles. The minimum atomic E-state index is -2.70. The monoisotopic (exact) mass is 258 g/mol. The van der Waals surface area contributed by atoms with E-state index in [4.69, 9.17) is 10.5 Å². The lowest BCUT2D eigenvalue weighted by molar-refractivity contribution is -0.142. The fourth-order valence-electron chi connectivity index (χ4n) is 1.73. The molecule has 0 aromatic carbocycles. The number of carbonyl (C=O) groups excluding carboxylic acids is 1. The van der Waals surface area contributed by atoms with Gasteiger partial charge < -0.3 is 10.5 Å². The zero-order valence-electron chi connectivity index (χ0n) is 10.4. The predicted molar refractivity (Wildman–Crippen MR) is 62.2 cm³/mol. The number of aryl methyl sites for hydroxylation is 1. The summed E-state index contributed by atoms with van der Waals surface area (Å²) in [6.07, 6.45) is -2.77. The van der Waals surface area contributed by atoms with Crippen LogP contribution in [0.25, 0.3) is 0 Å². The zero-order valence-corrected chi connectivity index (χ0v) is 10.4. The predicted octanol–water partition coefficient (Wildman–Crippen LogP) is 1.89. The summed E-state index contributed by atoms with van der Waals surface area (Å²) < 4.78 is 30.4. The molecule has 1 heterocycles. The summed E-state index contributed by atoms with van der Waals surface area (Å²) in [7, 11) is 0. The lowest BCUT2D eigenvalue weighted by Crippen LogP contribution is -2.14. The van der Waals surface area contributed by atoms with Crippen molar-refractivity contribution < 1.29 is 18.3 Å². The van der Waals surface area contributed by atoms with Crippen LogP contribution in [0.5, 0.6) is 0 Å². The third-order valence-electron chi connectivity index (χ3n) is 2.43. The topological polar surface area (TPSA) is 65.2 Å². The van der Waals surface area contributed by atoms with E-state index in [1.165, 1.54) is 0 Å². The van der Waals surface area contributed by atoms with Gasteiger partial charge in [-0.15, -0.1) is 0 Å². The summed E-state index contributed by atoms with van der Waals surface area (Å²) in [6.45, 7) is 3.45. The lowest BCUT2D eigenvalue weighted by Gasteiger charge is -2.13. The van der Waals surface area contributed by atoms with Gasteiger partial charge in [-0.2, -0.15) is 0 Å². The number of ether oxygens (including phenoxy) is 1.